The molecule has 0 aromatic carbocycles. The molecule has 1 aliphatic carbocycles. The molecule has 0 aromatic heterocycles. The van der Waals surface area contributed by atoms with Gasteiger partial charge in [-0.05, 0) is 0 Å². The van der Waals surface area contributed by atoms with Crippen LogP contribution in [0, 0.1) is 0 Å². The Hall–Kier alpha value is -0.970. The Kier molecular flexibility index (Phi) is 2.63. The highest BCUT2D eigenvalue weighted by Crippen LogP contribution is 2.43. The molecule has 0 heterocycles. The second kappa shape index (κ2) is 3.31. The molecule has 1 unspecified atom stereocenters. The number of carboxylic acid groups (broad SMARTS) is 1. The summed E-state index contributed by atoms with van der Waals surface area (Å²) in [6, 6.07) is 0. The lowest BCUT2D eigenvalue weighted by Gasteiger charge is -2.28. The summed E-state index contributed by atoms with van der Waals surface area (Å²) in [6.07, 6.45) is -2.53. The number of carbonyl (C=O) groups is 1. The molecule has 1 aliphatic rings. The predicted octanol–water partition coefficient (Wildman–Crippen LogP) is 2.50. The van der Waals surface area contributed by atoms with Gasteiger partial charge < -0.3 is 5.11 Å². The third-order valence-electron chi connectivity index (χ3n) is 1.85. The van der Waals surface area contributed by atoms with Crippen LogP contribution < -0.4 is 0 Å². The van der Waals surface area contributed by atoms with Gasteiger partial charge in [-0.1, -0.05) is 18.2 Å². The van der Waals surface area contributed by atoms with Gasteiger partial charge in [0.2, 0.25) is 0 Å². The average molecular weight is 227 g/mol. The lowest BCUT2D eigenvalue weighted by Crippen LogP contribution is -2.39. The first-order chi connectivity index (χ1) is 6.26. The molecule has 6 heteroatoms. The molecule has 0 radical (unpaired) electrons. The van der Waals surface area contributed by atoms with Crippen molar-refractivity contribution in [1.82, 2.24) is 0 Å². The number of halogens is 4. The summed E-state index contributed by atoms with van der Waals surface area (Å²) < 4.78 is 37.1. The Morgan fingerprint density at radius 1 is 1.57 bits per heavy atom. The van der Waals surface area contributed by atoms with Crippen LogP contribution in [0.15, 0.2) is 23.8 Å². The Bertz CT molecular complexity index is 319. The Labute approximate surface area is 82.7 Å². The van der Waals surface area contributed by atoms with E-state index >= 15 is 0 Å². The van der Waals surface area contributed by atoms with Gasteiger partial charge in [0.1, 0.15) is 0 Å². The van der Waals surface area contributed by atoms with Crippen LogP contribution in [0.4, 0.5) is 13.2 Å². The number of rotatable bonds is 1. The number of allylic oxidation sites excluding steroid dienone is 3. The quantitative estimate of drug-likeness (QED) is 0.698. The van der Waals surface area contributed by atoms with Crippen molar-refractivity contribution in [1.29, 1.82) is 0 Å². The summed E-state index contributed by atoms with van der Waals surface area (Å²) >= 11 is 5.27. The summed E-state index contributed by atoms with van der Waals surface area (Å²) in [7, 11) is 0. The van der Waals surface area contributed by atoms with Gasteiger partial charge in [-0.2, -0.15) is 13.2 Å². The molecular weight excluding hydrogens is 221 g/mol. The molecule has 1 rings (SSSR count). The molecule has 0 aliphatic heterocycles. The van der Waals surface area contributed by atoms with Crippen LogP contribution >= 0.6 is 11.6 Å². The number of alkyl halides is 4. The largest absolute Gasteiger partial charge is 0.478 e. The van der Waals surface area contributed by atoms with Crippen LogP contribution in [-0.4, -0.2) is 22.1 Å². The van der Waals surface area contributed by atoms with Gasteiger partial charge >= 0.3 is 12.1 Å². The second-order valence-electron chi connectivity index (χ2n) is 2.89. The first-order valence-electron chi connectivity index (χ1n) is 3.63. The second-order valence-corrected chi connectivity index (χ2v) is 3.57. The van der Waals surface area contributed by atoms with Crippen molar-refractivity contribution in [2.45, 2.75) is 17.5 Å². The minimum atomic E-state index is -4.65. The fraction of sp³-hybridized carbons (Fsp3) is 0.375. The van der Waals surface area contributed by atoms with E-state index in [9.17, 15) is 18.0 Å². The first kappa shape index (κ1) is 11.1. The van der Waals surface area contributed by atoms with E-state index in [1.54, 1.807) is 0 Å². The van der Waals surface area contributed by atoms with Crippen molar-refractivity contribution in [3.05, 3.63) is 23.8 Å². The number of carboxylic acids is 1. The smallest absolute Gasteiger partial charge is 0.411 e. The van der Waals surface area contributed by atoms with E-state index in [2.05, 4.69) is 0 Å². The fourth-order valence-electron chi connectivity index (χ4n) is 1.05. The SMILES string of the molecule is O=C(O)C1=CC=CC(Cl)(C(F)(F)F)C1. The third kappa shape index (κ3) is 1.92. The molecular formula is C8H6ClF3O2. The zero-order chi connectivity index (χ0) is 11.0. The molecule has 0 bridgehead atoms. The van der Waals surface area contributed by atoms with Gasteiger partial charge in [0.05, 0.1) is 0 Å². The van der Waals surface area contributed by atoms with Crippen molar-refractivity contribution in [3.63, 3.8) is 0 Å². The third-order valence-corrected chi connectivity index (χ3v) is 2.33. The molecule has 14 heavy (non-hydrogen) atoms. The fourth-order valence-corrected chi connectivity index (χ4v) is 1.27. The van der Waals surface area contributed by atoms with Crippen LogP contribution in [0.3, 0.4) is 0 Å². The van der Waals surface area contributed by atoms with Gasteiger partial charge in [-0.3, -0.25) is 0 Å². The molecule has 2 nitrogen and oxygen atoms in total. The summed E-state index contributed by atoms with van der Waals surface area (Å²) in [6.45, 7) is 0. The van der Waals surface area contributed by atoms with E-state index in [1.807, 2.05) is 0 Å². The van der Waals surface area contributed by atoms with Gasteiger partial charge in [0.15, 0.2) is 4.87 Å². The van der Waals surface area contributed by atoms with Crippen LogP contribution in [0.25, 0.3) is 0 Å². The highest BCUT2D eigenvalue weighted by Gasteiger charge is 2.53. The highest BCUT2D eigenvalue weighted by molar-refractivity contribution is 6.26. The van der Waals surface area contributed by atoms with Crippen molar-refractivity contribution in [2.24, 2.45) is 0 Å². The molecule has 0 amide bonds. The van der Waals surface area contributed by atoms with E-state index in [0.717, 1.165) is 18.2 Å². The Morgan fingerprint density at radius 3 is 2.57 bits per heavy atom. The average Bonchev–Trinajstić information content (AvgIpc) is 2.02. The zero-order valence-corrected chi connectivity index (χ0v) is 7.56. The summed E-state index contributed by atoms with van der Waals surface area (Å²) in [5.74, 6) is -1.39. The van der Waals surface area contributed by atoms with Gasteiger partial charge in [-0.15, -0.1) is 11.6 Å². The monoisotopic (exact) mass is 226 g/mol. The topological polar surface area (TPSA) is 37.3 Å². The van der Waals surface area contributed by atoms with Crippen LogP contribution in [0.5, 0.6) is 0 Å². The molecule has 0 fully saturated rings. The molecule has 0 aromatic rings. The normalized spacial score (nSPS) is 27.3. The Morgan fingerprint density at radius 2 is 2.14 bits per heavy atom. The maximum atomic E-state index is 12.4. The number of hydrogen-bond acceptors (Lipinski definition) is 1. The highest BCUT2D eigenvalue weighted by atomic mass is 35.5. The maximum Gasteiger partial charge on any atom is 0.411 e. The molecule has 1 atom stereocenters. The summed E-state index contributed by atoms with van der Waals surface area (Å²) in [4.78, 5) is 7.85. The molecule has 0 spiro atoms. The number of aliphatic carboxylic acids is 1. The van der Waals surface area contributed by atoms with Crippen molar-refractivity contribution >= 4 is 17.6 Å². The van der Waals surface area contributed by atoms with Crippen molar-refractivity contribution in [2.75, 3.05) is 0 Å². The lowest BCUT2D eigenvalue weighted by molar-refractivity contribution is -0.151. The maximum absolute atomic E-state index is 12.4. The summed E-state index contributed by atoms with van der Waals surface area (Å²) in [5, 5.41) is 8.51. The van der Waals surface area contributed by atoms with E-state index in [1.165, 1.54) is 0 Å². The first-order valence-corrected chi connectivity index (χ1v) is 4.01. The molecule has 1 N–H and O–H groups in total. The number of hydrogen-bond donors (Lipinski definition) is 1. The van der Waals surface area contributed by atoms with Crippen molar-refractivity contribution < 1.29 is 23.1 Å². The van der Waals surface area contributed by atoms with Crippen molar-refractivity contribution in [3.8, 4) is 0 Å². The van der Waals surface area contributed by atoms with E-state index < -0.39 is 23.4 Å². The van der Waals surface area contributed by atoms with Gasteiger partial charge in [0, 0.05) is 12.0 Å². The minimum absolute atomic E-state index is 0.347. The summed E-state index contributed by atoms with van der Waals surface area (Å²) in [5.41, 5.74) is -0.347. The standard InChI is InChI=1S/C8H6ClF3O2/c9-7(8(10,11)12)3-1-2-5(4-7)6(13)14/h1-3H,4H2,(H,13,14). The predicted molar refractivity (Wildman–Crippen MR) is 44.1 cm³/mol. The van der Waals surface area contributed by atoms with E-state index in [0.29, 0.717) is 0 Å². The lowest BCUT2D eigenvalue weighted by atomic mass is 9.93. The molecule has 0 saturated carbocycles. The van der Waals surface area contributed by atoms with Crippen LogP contribution in [-0.2, 0) is 4.79 Å². The van der Waals surface area contributed by atoms with Gasteiger partial charge in [0.25, 0.3) is 0 Å². The Balaban J connectivity index is 2.96. The van der Waals surface area contributed by atoms with E-state index in [-0.39, 0.29) is 5.57 Å². The zero-order valence-electron chi connectivity index (χ0n) is 6.81. The van der Waals surface area contributed by atoms with E-state index in [4.69, 9.17) is 16.7 Å². The minimum Gasteiger partial charge on any atom is -0.478 e. The molecule has 78 valence electrons. The van der Waals surface area contributed by atoms with Gasteiger partial charge in [-0.25, -0.2) is 4.79 Å². The van der Waals surface area contributed by atoms with Crippen LogP contribution in [0.2, 0.25) is 0 Å². The van der Waals surface area contributed by atoms with Crippen LogP contribution in [0.1, 0.15) is 6.42 Å². The molecule has 0 saturated heterocycles.